The van der Waals surface area contributed by atoms with E-state index in [1.165, 1.54) is 16.8 Å². The molecule has 0 saturated carbocycles. The van der Waals surface area contributed by atoms with Crippen molar-refractivity contribution in [2.75, 3.05) is 0 Å². The highest BCUT2D eigenvalue weighted by atomic mass is 16.5. The second-order valence-electron chi connectivity index (χ2n) is 2.78. The summed E-state index contributed by atoms with van der Waals surface area (Å²) in [7, 11) is 0. The molecule has 0 unspecified atom stereocenters. The minimum Gasteiger partial charge on any atom is -0.496 e. The molecule has 3 heterocycles. The smallest absolute Gasteiger partial charge is 0.115 e. The molecule has 2 nitrogen and oxygen atoms in total. The molecule has 0 saturated heterocycles. The highest BCUT2D eigenvalue weighted by Gasteiger charge is 2.17. The van der Waals surface area contributed by atoms with Crippen molar-refractivity contribution in [2.45, 2.75) is 6.61 Å². The third kappa shape index (κ3) is 0.522. The topological polar surface area (TPSA) is 14.2 Å². The summed E-state index contributed by atoms with van der Waals surface area (Å²) in [5.41, 5.74) is 3.90. The van der Waals surface area contributed by atoms with E-state index in [4.69, 9.17) is 4.74 Å². The standard InChI is InChI=1S/C9H7NO/c1-3-10-5-7-2-4-11-6-8(7)9(1)10/h1-5H,6H2. The first-order valence-electron chi connectivity index (χ1n) is 3.65. The van der Waals surface area contributed by atoms with Crippen LogP contribution in [0.2, 0.25) is 0 Å². The number of hydrogen-bond donors (Lipinski definition) is 0. The van der Waals surface area contributed by atoms with Crippen LogP contribution in [0.5, 0.6) is 0 Å². The van der Waals surface area contributed by atoms with Crippen LogP contribution in [0.25, 0.3) is 18.4 Å². The van der Waals surface area contributed by atoms with Crippen molar-refractivity contribution in [3.8, 4) is 0 Å². The fourth-order valence-electron chi connectivity index (χ4n) is 1.53. The van der Waals surface area contributed by atoms with E-state index in [1.54, 1.807) is 6.26 Å². The van der Waals surface area contributed by atoms with Crippen molar-refractivity contribution in [2.24, 2.45) is 0 Å². The molecule has 0 fully saturated rings. The summed E-state index contributed by atoms with van der Waals surface area (Å²) in [6, 6.07) is 0. The summed E-state index contributed by atoms with van der Waals surface area (Å²) in [4.78, 5) is 0. The predicted molar refractivity (Wildman–Crippen MR) is 43.5 cm³/mol. The van der Waals surface area contributed by atoms with Crippen molar-refractivity contribution in [1.82, 2.24) is 4.57 Å². The van der Waals surface area contributed by atoms with Crippen LogP contribution >= 0.6 is 0 Å². The summed E-state index contributed by atoms with van der Waals surface area (Å²) < 4.78 is 7.32. The van der Waals surface area contributed by atoms with Gasteiger partial charge in [-0.25, -0.2) is 0 Å². The van der Waals surface area contributed by atoms with Gasteiger partial charge in [-0.3, -0.25) is 0 Å². The van der Waals surface area contributed by atoms with Crippen LogP contribution in [0, 0.1) is 0 Å². The highest BCUT2D eigenvalue weighted by molar-refractivity contribution is 5.76. The number of fused-ring (bicyclic) bond motifs is 3. The summed E-state index contributed by atoms with van der Waals surface area (Å²) >= 11 is 0. The van der Waals surface area contributed by atoms with Crippen molar-refractivity contribution in [1.29, 1.82) is 0 Å². The van der Waals surface area contributed by atoms with Gasteiger partial charge in [0.25, 0.3) is 0 Å². The molecule has 0 aliphatic carbocycles. The van der Waals surface area contributed by atoms with E-state index in [-0.39, 0.29) is 0 Å². The minimum absolute atomic E-state index is 0.721. The lowest BCUT2D eigenvalue weighted by atomic mass is 10.1. The van der Waals surface area contributed by atoms with Crippen molar-refractivity contribution >= 4 is 18.4 Å². The highest BCUT2D eigenvalue weighted by Crippen LogP contribution is 2.29. The number of hydrogen-bond acceptors (Lipinski definition) is 1. The molecular weight excluding hydrogens is 138 g/mol. The largest absolute Gasteiger partial charge is 0.496 e. The average Bonchev–Trinajstić information content (AvgIpc) is 2.23. The number of ether oxygens (including phenoxy) is 1. The predicted octanol–water partition coefficient (Wildman–Crippen LogP) is 1.93. The first-order valence-corrected chi connectivity index (χ1v) is 3.65. The van der Waals surface area contributed by atoms with Crippen LogP contribution in [0.1, 0.15) is 16.8 Å². The fourth-order valence-corrected chi connectivity index (χ4v) is 1.53. The lowest BCUT2D eigenvalue weighted by Gasteiger charge is -2.11. The van der Waals surface area contributed by atoms with E-state index in [0.29, 0.717) is 0 Å². The summed E-state index contributed by atoms with van der Waals surface area (Å²) in [5, 5.41) is 0. The third-order valence-corrected chi connectivity index (χ3v) is 2.18. The van der Waals surface area contributed by atoms with Gasteiger partial charge in [-0.1, -0.05) is 0 Å². The molecule has 1 aromatic heterocycles. The van der Waals surface area contributed by atoms with Crippen LogP contribution < -0.4 is 0 Å². The first-order chi connectivity index (χ1) is 5.45. The Bertz CT molecular complexity index is 371. The van der Waals surface area contributed by atoms with Crippen molar-refractivity contribution < 1.29 is 4.74 Å². The Labute approximate surface area is 64.4 Å². The molecule has 54 valence electrons. The first kappa shape index (κ1) is 5.24. The lowest BCUT2D eigenvalue weighted by Crippen LogP contribution is -2.00. The molecular formula is C9H7NO. The molecule has 2 heteroatoms. The van der Waals surface area contributed by atoms with Gasteiger partial charge in [0.1, 0.15) is 6.61 Å². The maximum absolute atomic E-state index is 5.20. The summed E-state index contributed by atoms with van der Waals surface area (Å²) in [6.45, 7) is 0.721. The SMILES string of the molecule is C1=Cc2cn3c(c2CO1)C=C3. The van der Waals surface area contributed by atoms with E-state index < -0.39 is 0 Å². The van der Waals surface area contributed by atoms with E-state index in [1.807, 2.05) is 6.08 Å². The average molecular weight is 145 g/mol. The third-order valence-electron chi connectivity index (χ3n) is 2.18. The number of rotatable bonds is 0. The van der Waals surface area contributed by atoms with Gasteiger partial charge in [-0.15, -0.1) is 0 Å². The van der Waals surface area contributed by atoms with Crippen LogP contribution in [0.3, 0.4) is 0 Å². The van der Waals surface area contributed by atoms with E-state index in [9.17, 15) is 0 Å². The molecule has 0 amide bonds. The molecule has 1 aromatic rings. The van der Waals surface area contributed by atoms with Gasteiger partial charge in [-0.05, 0) is 12.2 Å². The zero-order valence-electron chi connectivity index (χ0n) is 5.95. The van der Waals surface area contributed by atoms with Gasteiger partial charge in [0.15, 0.2) is 0 Å². The number of nitrogens with zero attached hydrogens (tertiary/aromatic N) is 1. The van der Waals surface area contributed by atoms with Gasteiger partial charge < -0.3 is 9.30 Å². The molecule has 0 aromatic carbocycles. The summed E-state index contributed by atoms with van der Waals surface area (Å²) in [5.74, 6) is 0. The Hall–Kier alpha value is -1.44. The van der Waals surface area contributed by atoms with Crippen LogP contribution in [0.4, 0.5) is 0 Å². The second-order valence-corrected chi connectivity index (χ2v) is 2.78. The Morgan fingerprint density at radius 2 is 2.36 bits per heavy atom. The molecule has 0 radical (unpaired) electrons. The molecule has 0 bridgehead atoms. The van der Waals surface area contributed by atoms with Gasteiger partial charge in [0.05, 0.1) is 12.0 Å². The van der Waals surface area contributed by atoms with Gasteiger partial charge in [0.2, 0.25) is 0 Å². The lowest BCUT2D eigenvalue weighted by molar-refractivity contribution is 0.234. The zero-order valence-corrected chi connectivity index (χ0v) is 5.95. The molecule has 2 aliphatic rings. The van der Waals surface area contributed by atoms with Crippen LogP contribution in [-0.2, 0) is 11.3 Å². The van der Waals surface area contributed by atoms with Gasteiger partial charge in [0, 0.05) is 23.5 Å². The van der Waals surface area contributed by atoms with Gasteiger partial charge >= 0.3 is 0 Å². The molecule has 11 heavy (non-hydrogen) atoms. The Kier molecular flexibility index (Phi) is 0.756. The van der Waals surface area contributed by atoms with E-state index in [2.05, 4.69) is 23.0 Å². The molecule has 0 N–H and O–H groups in total. The van der Waals surface area contributed by atoms with Crippen molar-refractivity contribution in [3.05, 3.63) is 29.3 Å². The van der Waals surface area contributed by atoms with E-state index in [0.717, 1.165) is 6.61 Å². The summed E-state index contributed by atoms with van der Waals surface area (Å²) in [6.07, 6.45) is 10.1. The Morgan fingerprint density at radius 1 is 1.36 bits per heavy atom. The molecule has 0 spiro atoms. The van der Waals surface area contributed by atoms with Crippen LogP contribution in [0.15, 0.2) is 12.5 Å². The van der Waals surface area contributed by atoms with Crippen LogP contribution in [-0.4, -0.2) is 4.57 Å². The zero-order chi connectivity index (χ0) is 7.26. The fraction of sp³-hybridized carbons (Fsp3) is 0.111. The minimum atomic E-state index is 0.721. The number of aromatic nitrogens is 1. The normalized spacial score (nSPS) is 16.7. The second kappa shape index (κ2) is 1.59. The Balaban J connectivity index is 2.29. The monoisotopic (exact) mass is 145 g/mol. The maximum Gasteiger partial charge on any atom is 0.115 e. The maximum atomic E-state index is 5.20. The molecule has 2 aliphatic heterocycles. The van der Waals surface area contributed by atoms with Crippen molar-refractivity contribution in [3.63, 3.8) is 0 Å². The van der Waals surface area contributed by atoms with Gasteiger partial charge in [-0.2, -0.15) is 0 Å². The quantitative estimate of drug-likeness (QED) is 0.552. The molecule has 0 atom stereocenters. The van der Waals surface area contributed by atoms with E-state index >= 15 is 0 Å². The Morgan fingerprint density at radius 3 is 3.18 bits per heavy atom. The molecule has 3 rings (SSSR count).